The Labute approximate surface area is 202 Å². The van der Waals surface area contributed by atoms with Crippen LogP contribution in [0.5, 0.6) is 0 Å². The molecule has 0 N–H and O–H groups in total. The van der Waals surface area contributed by atoms with Crippen LogP contribution >= 0.6 is 11.8 Å². The molecule has 5 rings (SSSR count). The van der Waals surface area contributed by atoms with E-state index in [0.717, 1.165) is 11.3 Å². The quantitative estimate of drug-likeness (QED) is 0.494. The number of amides is 1. The number of ether oxygens (including phenoxy) is 1. The minimum Gasteiger partial charge on any atom is -0.372 e. The number of hydrogen-bond donors (Lipinski definition) is 0. The molecule has 8 heteroatoms. The Morgan fingerprint density at radius 2 is 1.85 bits per heavy atom. The Morgan fingerprint density at radius 3 is 2.56 bits per heavy atom. The van der Waals surface area contributed by atoms with Gasteiger partial charge in [-0.3, -0.25) is 4.79 Å². The number of para-hydroxylation sites is 1. The number of nitrogens with zero attached hydrogens (tertiary/aromatic N) is 4. The minimum absolute atomic E-state index is 0.0716. The fourth-order valence-corrected chi connectivity index (χ4v) is 5.10. The Balaban J connectivity index is 1.51. The van der Waals surface area contributed by atoms with Crippen molar-refractivity contribution in [3.8, 4) is 16.9 Å². The van der Waals surface area contributed by atoms with Crippen LogP contribution < -0.4 is 0 Å². The van der Waals surface area contributed by atoms with Crippen LogP contribution in [0.2, 0.25) is 0 Å². The van der Waals surface area contributed by atoms with Crippen LogP contribution in [-0.4, -0.2) is 51.1 Å². The molecular weight excluding hydrogens is 451 g/mol. The molecule has 174 valence electrons. The third-order valence-electron chi connectivity index (χ3n) is 5.79. The average Bonchev–Trinajstić information content (AvgIpc) is 3.40. The van der Waals surface area contributed by atoms with E-state index in [-0.39, 0.29) is 23.9 Å². The van der Waals surface area contributed by atoms with E-state index in [2.05, 4.69) is 9.89 Å². The van der Waals surface area contributed by atoms with Crippen LogP contribution in [0.1, 0.15) is 25.0 Å². The first kappa shape index (κ1) is 22.6. The Bertz CT molecular complexity index is 1290. The van der Waals surface area contributed by atoms with Gasteiger partial charge in [0, 0.05) is 30.4 Å². The van der Waals surface area contributed by atoms with Crippen LogP contribution in [0.3, 0.4) is 0 Å². The van der Waals surface area contributed by atoms with Crippen molar-refractivity contribution in [2.45, 2.75) is 33.0 Å². The molecule has 1 amide bonds. The number of rotatable bonds is 3. The molecule has 2 unspecified atom stereocenters. The molecule has 6 nitrogen and oxygen atoms in total. The van der Waals surface area contributed by atoms with Crippen LogP contribution in [0.4, 0.5) is 4.39 Å². The third-order valence-corrected chi connectivity index (χ3v) is 6.84. The van der Waals surface area contributed by atoms with Gasteiger partial charge >= 0.3 is 0 Å². The summed E-state index contributed by atoms with van der Waals surface area (Å²) >= 11 is 1.36. The van der Waals surface area contributed by atoms with Crippen LogP contribution in [0, 0.1) is 12.7 Å². The van der Waals surface area contributed by atoms with Gasteiger partial charge in [0.05, 0.1) is 22.8 Å². The van der Waals surface area contributed by atoms with E-state index >= 15 is 0 Å². The summed E-state index contributed by atoms with van der Waals surface area (Å²) in [4.78, 5) is 19.7. The summed E-state index contributed by atoms with van der Waals surface area (Å²) in [7, 11) is 0. The predicted molar refractivity (Wildman–Crippen MR) is 133 cm³/mol. The van der Waals surface area contributed by atoms with Crippen molar-refractivity contribution < 1.29 is 13.9 Å². The smallest absolute Gasteiger partial charge is 0.286 e. The SMILES string of the molecule is Cc1ccc(-c2nn(-c3ccccc3)cc2C=C2SC(N3CC(C)OC(C)C3)=NC2=O)cc1F. The molecule has 1 fully saturated rings. The van der Waals surface area contributed by atoms with E-state index in [1.54, 1.807) is 23.7 Å². The van der Waals surface area contributed by atoms with Gasteiger partial charge in [0.25, 0.3) is 5.91 Å². The molecule has 0 aliphatic carbocycles. The average molecular weight is 477 g/mol. The van der Waals surface area contributed by atoms with Gasteiger partial charge in [0.15, 0.2) is 5.17 Å². The zero-order valence-electron chi connectivity index (χ0n) is 19.2. The summed E-state index contributed by atoms with van der Waals surface area (Å²) in [6, 6.07) is 14.8. The molecule has 1 aromatic heterocycles. The number of benzene rings is 2. The maximum atomic E-state index is 14.4. The van der Waals surface area contributed by atoms with Crippen LogP contribution in [0.25, 0.3) is 23.0 Å². The molecule has 1 saturated heterocycles. The van der Waals surface area contributed by atoms with Crippen LogP contribution in [-0.2, 0) is 9.53 Å². The number of aryl methyl sites for hydroxylation is 1. The first-order chi connectivity index (χ1) is 16.4. The third kappa shape index (κ3) is 4.56. The largest absolute Gasteiger partial charge is 0.372 e. The number of hydrogen-bond acceptors (Lipinski definition) is 5. The monoisotopic (exact) mass is 476 g/mol. The molecular formula is C26H25FN4O2S. The Kier molecular flexibility index (Phi) is 6.10. The van der Waals surface area contributed by atoms with Crippen LogP contribution in [0.15, 0.2) is 64.6 Å². The fourth-order valence-electron chi connectivity index (χ4n) is 4.18. The van der Waals surface area contributed by atoms with Crippen molar-refractivity contribution in [3.63, 3.8) is 0 Å². The van der Waals surface area contributed by atoms with Gasteiger partial charge in [0.1, 0.15) is 11.5 Å². The first-order valence-electron chi connectivity index (χ1n) is 11.2. The van der Waals surface area contributed by atoms with Gasteiger partial charge < -0.3 is 9.64 Å². The summed E-state index contributed by atoms with van der Waals surface area (Å²) in [5.74, 6) is -0.571. The molecule has 2 atom stereocenters. The van der Waals surface area contributed by atoms with Crippen molar-refractivity contribution in [1.29, 1.82) is 0 Å². The highest BCUT2D eigenvalue weighted by atomic mass is 32.2. The summed E-state index contributed by atoms with van der Waals surface area (Å²) < 4.78 is 21.9. The van der Waals surface area contributed by atoms with Gasteiger partial charge in [-0.2, -0.15) is 10.1 Å². The molecule has 3 heterocycles. The maximum absolute atomic E-state index is 14.4. The topological polar surface area (TPSA) is 59.7 Å². The standard InChI is InChI=1S/C26H25FN4O2S/c1-16-9-10-19(11-22(16)27)24-20(15-31(29-24)21-7-5-4-6-8-21)12-23-25(32)28-26(34-23)30-13-17(2)33-18(3)14-30/h4-12,15,17-18H,13-14H2,1-3H3. The predicted octanol–water partition coefficient (Wildman–Crippen LogP) is 5.07. The van der Waals surface area contributed by atoms with Crippen molar-refractivity contribution in [3.05, 3.63) is 76.6 Å². The number of aromatic nitrogens is 2. The molecule has 2 aromatic carbocycles. The second-order valence-corrected chi connectivity index (χ2v) is 9.66. The number of carbonyl (C=O) groups is 1. The lowest BCUT2D eigenvalue weighted by Gasteiger charge is -2.35. The van der Waals surface area contributed by atoms with Gasteiger partial charge in [-0.25, -0.2) is 9.07 Å². The Hall–Kier alpha value is -3.23. The van der Waals surface area contributed by atoms with E-state index in [4.69, 9.17) is 9.84 Å². The molecule has 0 saturated carbocycles. The zero-order valence-corrected chi connectivity index (χ0v) is 20.1. The van der Waals surface area contributed by atoms with E-state index in [0.29, 0.717) is 40.0 Å². The summed E-state index contributed by atoms with van der Waals surface area (Å²) in [6.07, 6.45) is 3.81. The molecule has 2 aliphatic rings. The van der Waals surface area contributed by atoms with Gasteiger partial charge in [-0.15, -0.1) is 0 Å². The molecule has 3 aromatic rings. The fraction of sp³-hybridized carbons (Fsp3) is 0.269. The second-order valence-electron chi connectivity index (χ2n) is 8.65. The number of morpholine rings is 1. The van der Waals surface area contributed by atoms with Crippen molar-refractivity contribution in [1.82, 2.24) is 14.7 Å². The lowest BCUT2D eigenvalue weighted by atomic mass is 10.1. The molecule has 2 aliphatic heterocycles. The number of halogens is 1. The maximum Gasteiger partial charge on any atom is 0.286 e. The lowest BCUT2D eigenvalue weighted by Crippen LogP contribution is -2.47. The van der Waals surface area contributed by atoms with E-state index in [1.165, 1.54) is 17.8 Å². The highest BCUT2D eigenvalue weighted by Gasteiger charge is 2.31. The van der Waals surface area contributed by atoms with Crippen molar-refractivity contribution in [2.75, 3.05) is 13.1 Å². The minimum atomic E-state index is -0.294. The Morgan fingerprint density at radius 1 is 1.12 bits per heavy atom. The van der Waals surface area contributed by atoms with Gasteiger partial charge in [0.2, 0.25) is 0 Å². The van der Waals surface area contributed by atoms with E-state index in [1.807, 2.05) is 56.4 Å². The summed E-state index contributed by atoms with van der Waals surface area (Å²) in [6.45, 7) is 7.15. The van der Waals surface area contributed by atoms with E-state index in [9.17, 15) is 9.18 Å². The van der Waals surface area contributed by atoms with Gasteiger partial charge in [-0.1, -0.05) is 30.3 Å². The first-order valence-corrected chi connectivity index (χ1v) is 12.0. The molecule has 0 radical (unpaired) electrons. The normalized spacial score (nSPS) is 21.9. The zero-order chi connectivity index (χ0) is 23.8. The number of thioether (sulfide) groups is 1. The van der Waals surface area contributed by atoms with E-state index < -0.39 is 0 Å². The second kappa shape index (κ2) is 9.19. The van der Waals surface area contributed by atoms with Gasteiger partial charge in [-0.05, 0) is 62.4 Å². The van der Waals surface area contributed by atoms with Crippen molar-refractivity contribution in [2.24, 2.45) is 4.99 Å². The molecule has 0 bridgehead atoms. The highest BCUT2D eigenvalue weighted by molar-refractivity contribution is 8.18. The number of aliphatic imine (C=N–C) groups is 1. The summed E-state index contributed by atoms with van der Waals surface area (Å²) in [5, 5.41) is 5.43. The number of amidine groups is 1. The molecule has 34 heavy (non-hydrogen) atoms. The van der Waals surface area contributed by atoms with Crippen molar-refractivity contribution >= 4 is 28.9 Å². The highest BCUT2D eigenvalue weighted by Crippen LogP contribution is 2.34. The number of carbonyl (C=O) groups excluding carboxylic acids is 1. The molecule has 0 spiro atoms. The lowest BCUT2D eigenvalue weighted by molar-refractivity contribution is -0.113. The summed E-state index contributed by atoms with van der Waals surface area (Å²) in [5.41, 5.74) is 3.42.